The first-order valence-electron chi connectivity index (χ1n) is 6.50. The lowest BCUT2D eigenvalue weighted by Crippen LogP contribution is -3.00. The summed E-state index contributed by atoms with van der Waals surface area (Å²) in [4.78, 5) is 0. The van der Waals surface area contributed by atoms with Crippen molar-refractivity contribution in [3.63, 3.8) is 0 Å². The number of aromatic nitrogens is 1. The van der Waals surface area contributed by atoms with Gasteiger partial charge in [0.15, 0.2) is 0 Å². The van der Waals surface area contributed by atoms with E-state index in [4.69, 9.17) is 34.8 Å². The topological polar surface area (TPSA) is 15.9 Å². The van der Waals surface area contributed by atoms with Gasteiger partial charge in [-0.3, -0.25) is 0 Å². The van der Waals surface area contributed by atoms with Crippen molar-refractivity contribution in [2.45, 2.75) is 0 Å². The maximum absolute atomic E-state index is 6.05. The van der Waals surface area contributed by atoms with Gasteiger partial charge in [-0.2, -0.15) is 0 Å². The van der Waals surface area contributed by atoms with Gasteiger partial charge in [0.1, 0.15) is 11.4 Å². The van der Waals surface area contributed by atoms with Crippen LogP contribution in [0, 0.1) is 0 Å². The first kappa shape index (κ1) is 18.6. The molecule has 120 valence electrons. The molecule has 0 fully saturated rings. The Morgan fingerprint density at radius 1 is 0.957 bits per heavy atom. The minimum absolute atomic E-state index is 0. The third-order valence-corrected chi connectivity index (χ3v) is 5.19. The number of thiazole rings is 1. The van der Waals surface area contributed by atoms with Crippen LogP contribution in [0.15, 0.2) is 47.8 Å². The smallest absolute Gasteiger partial charge is 0.339 e. The zero-order chi connectivity index (χ0) is 15.7. The fraction of sp³-hybridized carbons (Fsp3) is 0.0625. The van der Waals surface area contributed by atoms with E-state index in [9.17, 15) is 0 Å². The molecule has 3 aromatic rings. The minimum atomic E-state index is 0. The molecular weight excluding hydrogens is 439 g/mol. The Morgan fingerprint density at radius 2 is 1.65 bits per heavy atom. The summed E-state index contributed by atoms with van der Waals surface area (Å²) >= 11 is 19.5. The number of halogens is 4. The summed E-state index contributed by atoms with van der Waals surface area (Å²) in [6.45, 7) is 0. The van der Waals surface area contributed by atoms with E-state index in [1.807, 2.05) is 43.4 Å². The van der Waals surface area contributed by atoms with Gasteiger partial charge in [-0.25, -0.2) is 9.88 Å². The molecule has 0 amide bonds. The summed E-state index contributed by atoms with van der Waals surface area (Å²) in [5.41, 5.74) is 3.13. The number of nitrogens with one attached hydrogen (secondary N) is 1. The number of hydrogen-bond acceptors (Lipinski definition) is 2. The van der Waals surface area contributed by atoms with Crippen LogP contribution < -0.4 is 26.9 Å². The van der Waals surface area contributed by atoms with Crippen molar-refractivity contribution in [1.82, 2.24) is 0 Å². The van der Waals surface area contributed by atoms with Crippen LogP contribution in [0.25, 0.3) is 11.3 Å². The van der Waals surface area contributed by atoms with Crippen molar-refractivity contribution in [3.05, 3.63) is 62.9 Å². The van der Waals surface area contributed by atoms with Crippen molar-refractivity contribution in [1.29, 1.82) is 0 Å². The highest BCUT2D eigenvalue weighted by Crippen LogP contribution is 2.29. The highest BCUT2D eigenvalue weighted by molar-refractivity contribution is 7.13. The summed E-state index contributed by atoms with van der Waals surface area (Å²) in [7, 11) is 2.01. The first-order valence-corrected chi connectivity index (χ1v) is 8.51. The average Bonchev–Trinajstić information content (AvgIpc) is 2.85. The Kier molecular flexibility index (Phi) is 6.34. The maximum atomic E-state index is 6.05. The second-order valence-corrected chi connectivity index (χ2v) is 6.85. The zero-order valence-corrected chi connectivity index (χ0v) is 16.7. The molecule has 0 aliphatic carbocycles. The lowest BCUT2D eigenvalue weighted by Gasteiger charge is -2.02. The van der Waals surface area contributed by atoms with Crippen molar-refractivity contribution in [2.75, 3.05) is 5.32 Å². The minimum Gasteiger partial charge on any atom is -1.00 e. The molecule has 1 aromatic heterocycles. The van der Waals surface area contributed by atoms with Gasteiger partial charge in [-0.15, -0.1) is 0 Å². The van der Waals surface area contributed by atoms with Crippen molar-refractivity contribution < 1.29 is 21.5 Å². The Labute approximate surface area is 164 Å². The third-order valence-electron chi connectivity index (χ3n) is 3.26. The van der Waals surface area contributed by atoms with Gasteiger partial charge in [-0.1, -0.05) is 46.1 Å². The van der Waals surface area contributed by atoms with Crippen LogP contribution in [0.5, 0.6) is 0 Å². The van der Waals surface area contributed by atoms with Gasteiger partial charge < -0.3 is 17.0 Å². The summed E-state index contributed by atoms with van der Waals surface area (Å²) in [5, 5.41) is 8.27. The normalized spacial score (nSPS) is 10.3. The molecule has 0 atom stereocenters. The molecule has 1 heterocycles. The molecule has 0 spiro atoms. The van der Waals surface area contributed by atoms with Crippen LogP contribution in [0.3, 0.4) is 0 Å². The van der Waals surface area contributed by atoms with Crippen LogP contribution in [0.4, 0.5) is 10.8 Å². The second-order valence-electron chi connectivity index (χ2n) is 4.75. The van der Waals surface area contributed by atoms with Gasteiger partial charge in [0.05, 0.1) is 17.1 Å². The monoisotopic (exact) mass is 448 g/mol. The van der Waals surface area contributed by atoms with Gasteiger partial charge in [0.25, 0.3) is 0 Å². The molecule has 3 rings (SSSR count). The molecular formula is C16H12BrCl3N2S. The summed E-state index contributed by atoms with van der Waals surface area (Å²) in [6.07, 6.45) is 0. The van der Waals surface area contributed by atoms with Crippen LogP contribution in [-0.2, 0) is 7.05 Å². The van der Waals surface area contributed by atoms with Crippen LogP contribution in [0.1, 0.15) is 0 Å². The van der Waals surface area contributed by atoms with Crippen LogP contribution in [0.2, 0.25) is 15.1 Å². The van der Waals surface area contributed by atoms with Crippen molar-refractivity contribution in [3.8, 4) is 11.3 Å². The van der Waals surface area contributed by atoms with E-state index in [1.54, 1.807) is 17.4 Å². The molecule has 0 saturated carbocycles. The predicted octanol–water partition coefficient (Wildman–Crippen LogP) is 2.95. The molecule has 7 heteroatoms. The van der Waals surface area contributed by atoms with Crippen molar-refractivity contribution in [2.24, 2.45) is 7.05 Å². The number of hydrogen-bond donors (Lipinski definition) is 1. The number of nitrogens with zero attached hydrogens (tertiary/aromatic N) is 1. The largest absolute Gasteiger partial charge is 1.00 e. The first-order chi connectivity index (χ1) is 10.5. The van der Waals surface area contributed by atoms with E-state index in [0.717, 1.165) is 27.1 Å². The Morgan fingerprint density at radius 3 is 2.30 bits per heavy atom. The fourth-order valence-corrected chi connectivity index (χ4v) is 3.45. The number of benzene rings is 2. The van der Waals surface area contributed by atoms with E-state index in [1.165, 1.54) is 0 Å². The predicted molar refractivity (Wildman–Crippen MR) is 95.7 cm³/mol. The molecule has 0 unspecified atom stereocenters. The lowest BCUT2D eigenvalue weighted by molar-refractivity contribution is -0.641. The SMILES string of the molecule is C[n+]1c(-c2ccc(Cl)cc2)csc1Nc1ccc(Cl)c(Cl)c1.[Br-]. The quantitative estimate of drug-likeness (QED) is 0.607. The Hall–Kier alpha value is -0.780. The molecule has 2 aromatic carbocycles. The summed E-state index contributed by atoms with van der Waals surface area (Å²) in [5.74, 6) is 0. The maximum Gasteiger partial charge on any atom is 0.339 e. The molecule has 23 heavy (non-hydrogen) atoms. The second kappa shape index (κ2) is 7.86. The van der Waals surface area contributed by atoms with Crippen molar-refractivity contribution >= 4 is 57.0 Å². The zero-order valence-electron chi connectivity index (χ0n) is 12.0. The van der Waals surface area contributed by atoms with E-state index in [-0.39, 0.29) is 17.0 Å². The molecule has 0 aliphatic rings. The fourth-order valence-electron chi connectivity index (χ4n) is 2.07. The average molecular weight is 451 g/mol. The van der Waals surface area contributed by atoms with Gasteiger partial charge in [-0.05, 0) is 36.4 Å². The summed E-state index contributed by atoms with van der Waals surface area (Å²) < 4.78 is 2.09. The standard InChI is InChI=1S/C16H11Cl3N2S.BrH/c1-21-15(10-2-4-11(17)5-3-10)9-22-16(21)20-12-6-7-13(18)14(19)8-12;/h2-9H,1H3;1H. The van der Waals surface area contributed by atoms with Crippen LogP contribution in [-0.4, -0.2) is 0 Å². The number of rotatable bonds is 3. The molecule has 0 aliphatic heterocycles. The van der Waals surface area contributed by atoms with Gasteiger partial charge in [0.2, 0.25) is 0 Å². The Bertz CT molecular complexity index is 819. The summed E-state index contributed by atoms with van der Waals surface area (Å²) in [6, 6.07) is 13.3. The van der Waals surface area contributed by atoms with Crippen LogP contribution >= 0.6 is 46.1 Å². The van der Waals surface area contributed by atoms with E-state index >= 15 is 0 Å². The van der Waals surface area contributed by atoms with E-state index in [2.05, 4.69) is 15.3 Å². The third kappa shape index (κ3) is 4.20. The highest BCUT2D eigenvalue weighted by atomic mass is 79.9. The molecule has 0 radical (unpaired) electrons. The van der Waals surface area contributed by atoms with E-state index < -0.39 is 0 Å². The highest BCUT2D eigenvalue weighted by Gasteiger charge is 2.16. The van der Waals surface area contributed by atoms with E-state index in [0.29, 0.717) is 10.0 Å². The lowest BCUT2D eigenvalue weighted by atomic mass is 10.2. The molecule has 1 N–H and O–H groups in total. The Balaban J connectivity index is 0.00000192. The molecule has 0 bridgehead atoms. The number of anilines is 2. The van der Waals surface area contributed by atoms with Gasteiger partial charge in [0, 0.05) is 22.0 Å². The van der Waals surface area contributed by atoms with Gasteiger partial charge >= 0.3 is 5.13 Å². The molecule has 0 saturated heterocycles. The molecule has 2 nitrogen and oxygen atoms in total.